The molecule has 0 bridgehead atoms. The maximum Gasteiger partial charge on any atom is 0.145 e. The third-order valence-electron chi connectivity index (χ3n) is 2.18. The lowest BCUT2D eigenvalue weighted by molar-refractivity contribution is 0.343. The van der Waals surface area contributed by atoms with Crippen molar-refractivity contribution in [1.29, 1.82) is 0 Å². The molecule has 2 aromatic rings. The van der Waals surface area contributed by atoms with Gasteiger partial charge in [0.15, 0.2) is 0 Å². The number of fused-ring (bicyclic) bond motifs is 1. The van der Waals surface area contributed by atoms with Crippen LogP contribution in [0.4, 0.5) is 0 Å². The predicted octanol–water partition coefficient (Wildman–Crippen LogP) is 3.60. The zero-order valence-electron chi connectivity index (χ0n) is 8.75. The van der Waals surface area contributed by atoms with Crippen LogP contribution in [0.2, 0.25) is 5.02 Å². The number of benzene rings is 1. The third kappa shape index (κ3) is 1.90. The minimum Gasteiger partial charge on any atom is -0.492 e. The summed E-state index contributed by atoms with van der Waals surface area (Å²) in [4.78, 5) is 4.45. The lowest BCUT2D eigenvalue weighted by Gasteiger charge is -2.08. The number of ether oxygens (including phenoxy) is 1. The van der Waals surface area contributed by atoms with Crippen LogP contribution < -0.4 is 4.74 Å². The Morgan fingerprint density at radius 1 is 1.40 bits per heavy atom. The van der Waals surface area contributed by atoms with Crippen molar-refractivity contribution in [2.45, 2.75) is 13.8 Å². The Hall–Kier alpha value is -1.28. The van der Waals surface area contributed by atoms with Crippen LogP contribution in [-0.2, 0) is 0 Å². The summed E-state index contributed by atoms with van der Waals surface area (Å²) in [5.41, 5.74) is 1.74. The summed E-state index contributed by atoms with van der Waals surface area (Å²) in [6.45, 7) is 4.51. The van der Waals surface area contributed by atoms with Crippen molar-refractivity contribution in [1.82, 2.24) is 4.98 Å². The molecule has 0 radical (unpaired) electrons. The molecule has 1 aromatic carbocycles. The first kappa shape index (κ1) is 10.2. The molecular weight excluding hydrogens is 210 g/mol. The normalized spacial score (nSPS) is 10.6. The van der Waals surface area contributed by atoms with Crippen molar-refractivity contribution < 1.29 is 4.74 Å². The van der Waals surface area contributed by atoms with Crippen LogP contribution in [0.5, 0.6) is 5.75 Å². The van der Waals surface area contributed by atoms with E-state index in [0.29, 0.717) is 6.61 Å². The van der Waals surface area contributed by atoms with E-state index in [1.54, 1.807) is 0 Å². The molecule has 3 heteroatoms. The highest BCUT2D eigenvalue weighted by atomic mass is 35.5. The van der Waals surface area contributed by atoms with Crippen molar-refractivity contribution in [2.75, 3.05) is 6.61 Å². The number of rotatable bonds is 2. The average Bonchev–Trinajstić information content (AvgIpc) is 2.19. The van der Waals surface area contributed by atoms with E-state index >= 15 is 0 Å². The molecule has 2 nitrogen and oxygen atoms in total. The molecule has 0 aliphatic carbocycles. The molecule has 0 fully saturated rings. The quantitative estimate of drug-likeness (QED) is 0.773. The van der Waals surface area contributed by atoms with Crippen molar-refractivity contribution in [3.05, 3.63) is 35.0 Å². The van der Waals surface area contributed by atoms with Gasteiger partial charge >= 0.3 is 0 Å². The molecule has 1 heterocycles. The van der Waals surface area contributed by atoms with Gasteiger partial charge in [-0.15, -0.1) is 0 Å². The number of aryl methyl sites for hydroxylation is 1. The van der Waals surface area contributed by atoms with Gasteiger partial charge in [0, 0.05) is 11.1 Å². The Labute approximate surface area is 93.8 Å². The summed E-state index contributed by atoms with van der Waals surface area (Å²) in [5, 5.41) is 1.66. The molecule has 0 atom stereocenters. The van der Waals surface area contributed by atoms with E-state index in [9.17, 15) is 0 Å². The molecule has 0 aliphatic heterocycles. The van der Waals surface area contributed by atoms with Crippen LogP contribution in [0.15, 0.2) is 24.3 Å². The van der Waals surface area contributed by atoms with Crippen LogP contribution in [0, 0.1) is 6.92 Å². The number of para-hydroxylation sites is 1. The van der Waals surface area contributed by atoms with Crippen molar-refractivity contribution >= 4 is 22.5 Å². The molecule has 15 heavy (non-hydrogen) atoms. The fourth-order valence-corrected chi connectivity index (χ4v) is 1.88. The highest BCUT2D eigenvalue weighted by Crippen LogP contribution is 2.29. The van der Waals surface area contributed by atoms with Crippen LogP contribution in [0.3, 0.4) is 0 Å². The highest BCUT2D eigenvalue weighted by molar-refractivity contribution is 6.35. The van der Waals surface area contributed by atoms with Crippen LogP contribution in [0.25, 0.3) is 10.9 Å². The van der Waals surface area contributed by atoms with E-state index < -0.39 is 0 Å². The first-order chi connectivity index (χ1) is 7.22. The number of halogens is 1. The molecule has 0 saturated heterocycles. The Morgan fingerprint density at radius 2 is 2.20 bits per heavy atom. The Kier molecular flexibility index (Phi) is 2.78. The third-order valence-corrected chi connectivity index (χ3v) is 2.49. The van der Waals surface area contributed by atoms with Gasteiger partial charge in [-0.25, -0.2) is 4.98 Å². The molecule has 2 rings (SSSR count). The summed E-state index contributed by atoms with van der Waals surface area (Å²) in [6.07, 6.45) is 0. The lowest BCUT2D eigenvalue weighted by Crippen LogP contribution is -1.94. The van der Waals surface area contributed by atoms with Gasteiger partial charge in [0.1, 0.15) is 11.3 Å². The summed E-state index contributed by atoms with van der Waals surface area (Å²) in [5.74, 6) is 0.792. The van der Waals surface area contributed by atoms with Gasteiger partial charge in [0.25, 0.3) is 0 Å². The van der Waals surface area contributed by atoms with Crippen LogP contribution in [-0.4, -0.2) is 11.6 Å². The maximum absolute atomic E-state index is 6.14. The van der Waals surface area contributed by atoms with Gasteiger partial charge in [-0.05, 0) is 26.0 Å². The number of aromatic nitrogens is 1. The largest absolute Gasteiger partial charge is 0.492 e. The summed E-state index contributed by atoms with van der Waals surface area (Å²) in [7, 11) is 0. The second-order valence-electron chi connectivity index (χ2n) is 3.33. The molecule has 0 N–H and O–H groups in total. The highest BCUT2D eigenvalue weighted by Gasteiger charge is 2.06. The van der Waals surface area contributed by atoms with E-state index in [4.69, 9.17) is 16.3 Å². The summed E-state index contributed by atoms with van der Waals surface area (Å²) < 4.78 is 5.51. The molecule has 1 aromatic heterocycles. The topological polar surface area (TPSA) is 22.1 Å². The van der Waals surface area contributed by atoms with E-state index in [1.807, 2.05) is 38.1 Å². The van der Waals surface area contributed by atoms with E-state index in [-0.39, 0.29) is 0 Å². The zero-order chi connectivity index (χ0) is 10.8. The van der Waals surface area contributed by atoms with Crippen molar-refractivity contribution in [2.24, 2.45) is 0 Å². The minimum absolute atomic E-state index is 0.631. The fraction of sp³-hybridized carbons (Fsp3) is 0.250. The van der Waals surface area contributed by atoms with Gasteiger partial charge in [-0.1, -0.05) is 23.7 Å². The van der Waals surface area contributed by atoms with E-state index in [1.165, 1.54) is 0 Å². The monoisotopic (exact) mass is 221 g/mol. The van der Waals surface area contributed by atoms with Gasteiger partial charge in [0.2, 0.25) is 0 Å². The van der Waals surface area contributed by atoms with E-state index in [2.05, 4.69) is 4.98 Å². The van der Waals surface area contributed by atoms with Crippen molar-refractivity contribution in [3.63, 3.8) is 0 Å². The smallest absolute Gasteiger partial charge is 0.145 e. The summed E-state index contributed by atoms with van der Waals surface area (Å²) >= 11 is 6.14. The van der Waals surface area contributed by atoms with Crippen LogP contribution in [0.1, 0.15) is 12.6 Å². The van der Waals surface area contributed by atoms with Gasteiger partial charge < -0.3 is 4.74 Å². The first-order valence-corrected chi connectivity index (χ1v) is 5.29. The Morgan fingerprint density at radius 3 is 2.93 bits per heavy atom. The first-order valence-electron chi connectivity index (χ1n) is 4.91. The molecule has 0 saturated carbocycles. The van der Waals surface area contributed by atoms with Crippen molar-refractivity contribution in [3.8, 4) is 5.75 Å². The lowest BCUT2D eigenvalue weighted by atomic mass is 10.2. The number of nitrogens with zero attached hydrogens (tertiary/aromatic N) is 1. The van der Waals surface area contributed by atoms with Gasteiger partial charge in [-0.2, -0.15) is 0 Å². The second kappa shape index (κ2) is 4.07. The molecule has 78 valence electrons. The zero-order valence-corrected chi connectivity index (χ0v) is 9.51. The predicted molar refractivity (Wildman–Crippen MR) is 62.7 cm³/mol. The standard InChI is InChI=1S/C12H12ClNO/c1-3-15-11-6-4-5-9-10(13)7-8(2)14-12(9)11/h4-7H,3H2,1-2H3. The number of hydrogen-bond acceptors (Lipinski definition) is 2. The Bertz CT molecular complexity index is 496. The SMILES string of the molecule is CCOc1cccc2c(Cl)cc(C)nc12. The molecule has 0 spiro atoms. The average molecular weight is 222 g/mol. The van der Waals surface area contributed by atoms with Crippen LogP contribution >= 0.6 is 11.6 Å². The molecule has 0 unspecified atom stereocenters. The minimum atomic E-state index is 0.631. The molecular formula is C12H12ClNO. The second-order valence-corrected chi connectivity index (χ2v) is 3.74. The molecule has 0 aliphatic rings. The Balaban J connectivity index is 2.73. The maximum atomic E-state index is 6.14. The fourth-order valence-electron chi connectivity index (χ4n) is 1.57. The number of pyridine rings is 1. The summed E-state index contributed by atoms with van der Waals surface area (Å²) in [6, 6.07) is 7.65. The number of hydrogen-bond donors (Lipinski definition) is 0. The van der Waals surface area contributed by atoms with Gasteiger partial charge in [-0.3, -0.25) is 0 Å². The van der Waals surface area contributed by atoms with Gasteiger partial charge in [0.05, 0.1) is 11.6 Å². The van der Waals surface area contributed by atoms with E-state index in [0.717, 1.165) is 27.4 Å². The molecule has 0 amide bonds.